The lowest BCUT2D eigenvalue weighted by Gasteiger charge is -2.22. The van der Waals surface area contributed by atoms with Crippen molar-refractivity contribution in [1.82, 2.24) is 0 Å². The van der Waals surface area contributed by atoms with Crippen molar-refractivity contribution >= 4 is 23.5 Å². The highest BCUT2D eigenvalue weighted by Crippen LogP contribution is 2.36. The number of rotatable bonds is 13. The van der Waals surface area contributed by atoms with Gasteiger partial charge in [-0.05, 0) is 31.2 Å². The quantitative estimate of drug-likeness (QED) is 0.433. The maximum Gasteiger partial charge on any atom is 0.303 e. The largest absolute Gasteiger partial charge is 0.481 e. The zero-order valence-electron chi connectivity index (χ0n) is 16.3. The molecule has 4 atom stereocenters. The molecule has 0 bridgehead atoms. The molecule has 156 valence electrons. The number of hydrogen-bond acceptors (Lipinski definition) is 5. The molecule has 0 heterocycles. The number of thioether (sulfide) groups is 1. The molecule has 1 aromatic carbocycles. The van der Waals surface area contributed by atoms with E-state index in [1.54, 1.807) is 0 Å². The van der Waals surface area contributed by atoms with Crippen LogP contribution in [0.5, 0.6) is 0 Å². The lowest BCUT2D eigenvalue weighted by Crippen LogP contribution is -2.26. The van der Waals surface area contributed by atoms with Gasteiger partial charge in [-0.3, -0.25) is 9.59 Å². The Morgan fingerprint density at radius 3 is 2.57 bits per heavy atom. The second kappa shape index (κ2) is 12.2. The zero-order valence-corrected chi connectivity index (χ0v) is 17.2. The van der Waals surface area contributed by atoms with Crippen LogP contribution in [0.4, 0.5) is 0 Å². The number of aliphatic hydroxyl groups excluding tert-OH is 2. The van der Waals surface area contributed by atoms with Crippen LogP contribution in [0.3, 0.4) is 0 Å². The Morgan fingerprint density at radius 1 is 1.14 bits per heavy atom. The lowest BCUT2D eigenvalue weighted by molar-refractivity contribution is -0.137. The molecule has 5 nitrogen and oxygen atoms in total. The molecule has 28 heavy (non-hydrogen) atoms. The van der Waals surface area contributed by atoms with Crippen molar-refractivity contribution < 1.29 is 24.9 Å². The van der Waals surface area contributed by atoms with Gasteiger partial charge in [0.25, 0.3) is 0 Å². The molecule has 2 rings (SSSR count). The van der Waals surface area contributed by atoms with Crippen LogP contribution in [0.1, 0.15) is 56.9 Å². The first-order chi connectivity index (χ1) is 13.5. The molecular weight excluding hydrogens is 376 g/mol. The minimum Gasteiger partial charge on any atom is -0.481 e. The van der Waals surface area contributed by atoms with Crippen molar-refractivity contribution in [2.45, 2.75) is 75.2 Å². The molecule has 2 unspecified atom stereocenters. The molecule has 0 amide bonds. The van der Waals surface area contributed by atoms with E-state index in [1.807, 2.05) is 30.3 Å². The molecule has 0 aliphatic heterocycles. The van der Waals surface area contributed by atoms with E-state index in [2.05, 4.69) is 0 Å². The van der Waals surface area contributed by atoms with Crippen LogP contribution < -0.4 is 0 Å². The number of aryl methyl sites for hydroxylation is 1. The van der Waals surface area contributed by atoms with Crippen LogP contribution in [-0.2, 0) is 16.0 Å². The Morgan fingerprint density at radius 2 is 1.86 bits per heavy atom. The van der Waals surface area contributed by atoms with E-state index in [0.29, 0.717) is 18.6 Å². The minimum absolute atomic E-state index is 0.120. The fourth-order valence-electron chi connectivity index (χ4n) is 3.76. The summed E-state index contributed by atoms with van der Waals surface area (Å²) in [7, 11) is 0. The minimum atomic E-state index is -0.767. The van der Waals surface area contributed by atoms with Gasteiger partial charge in [0.15, 0.2) is 0 Å². The SMILES string of the molecule is O=C(O)CCCCCC[C@H]1C(=O)CC(O)[C@@H]1SCC(O)CCc1ccccc1. The average molecular weight is 409 g/mol. The van der Waals surface area contributed by atoms with Gasteiger partial charge in [0.1, 0.15) is 5.78 Å². The van der Waals surface area contributed by atoms with E-state index in [-0.39, 0.29) is 29.8 Å². The summed E-state index contributed by atoms with van der Waals surface area (Å²) in [5.41, 5.74) is 1.20. The van der Waals surface area contributed by atoms with Crippen LogP contribution in [-0.4, -0.2) is 50.3 Å². The van der Waals surface area contributed by atoms with Gasteiger partial charge >= 0.3 is 5.97 Å². The molecule has 0 aromatic heterocycles. The number of carbonyl (C=O) groups excluding carboxylic acids is 1. The van der Waals surface area contributed by atoms with Crippen molar-refractivity contribution in [2.24, 2.45) is 5.92 Å². The number of unbranched alkanes of at least 4 members (excludes halogenated alkanes) is 3. The molecule has 1 aliphatic carbocycles. The molecule has 3 N–H and O–H groups in total. The Balaban J connectivity index is 1.70. The number of carboxylic acid groups (broad SMARTS) is 1. The predicted octanol–water partition coefficient (Wildman–Crippen LogP) is 3.46. The first-order valence-electron chi connectivity index (χ1n) is 10.2. The smallest absolute Gasteiger partial charge is 0.303 e. The Bertz CT molecular complexity index is 606. The van der Waals surface area contributed by atoms with Gasteiger partial charge in [-0.2, -0.15) is 11.8 Å². The first-order valence-corrected chi connectivity index (χ1v) is 11.3. The number of Topliss-reactive ketones (excluding diaryl/α,β-unsaturated/α-hetero) is 1. The second-order valence-electron chi connectivity index (χ2n) is 7.67. The van der Waals surface area contributed by atoms with E-state index in [0.717, 1.165) is 32.1 Å². The second-order valence-corrected chi connectivity index (χ2v) is 8.88. The standard InChI is InChI=1S/C22H32O5S/c23-17(13-12-16-8-4-3-5-9-16)15-28-22-18(19(24)14-20(22)25)10-6-1-2-7-11-21(26)27/h3-5,8-9,17-18,20,22-23,25H,1-2,6-7,10-15H2,(H,26,27)/t17?,18-,20?,22+/m0/s1. The van der Waals surface area contributed by atoms with E-state index >= 15 is 0 Å². The molecule has 0 saturated heterocycles. The number of hydrogen-bond donors (Lipinski definition) is 3. The Kier molecular flexibility index (Phi) is 10.0. The normalized spacial score (nSPS) is 23.1. The number of carbonyl (C=O) groups is 2. The summed E-state index contributed by atoms with van der Waals surface area (Å²) in [6.45, 7) is 0. The Labute approximate surface area is 171 Å². The number of aliphatic carboxylic acids is 1. The van der Waals surface area contributed by atoms with Gasteiger partial charge in [-0.1, -0.05) is 49.6 Å². The van der Waals surface area contributed by atoms with Crippen LogP contribution in [0.15, 0.2) is 30.3 Å². The van der Waals surface area contributed by atoms with Gasteiger partial charge in [-0.15, -0.1) is 0 Å². The van der Waals surface area contributed by atoms with Gasteiger partial charge in [-0.25, -0.2) is 0 Å². The third-order valence-electron chi connectivity index (χ3n) is 5.35. The van der Waals surface area contributed by atoms with E-state index in [9.17, 15) is 19.8 Å². The van der Waals surface area contributed by atoms with E-state index < -0.39 is 18.2 Å². The molecule has 0 radical (unpaired) electrons. The first kappa shape index (κ1) is 22.9. The van der Waals surface area contributed by atoms with Crippen molar-refractivity contribution in [1.29, 1.82) is 0 Å². The topological polar surface area (TPSA) is 94.8 Å². The van der Waals surface area contributed by atoms with Crippen LogP contribution in [0.2, 0.25) is 0 Å². The molecule has 0 spiro atoms. The number of ketones is 1. The maximum atomic E-state index is 12.2. The fraction of sp³-hybridized carbons (Fsp3) is 0.636. The summed E-state index contributed by atoms with van der Waals surface area (Å²) in [5, 5.41) is 29.1. The number of aliphatic hydroxyl groups is 2. The molecule has 1 aromatic rings. The monoisotopic (exact) mass is 408 g/mol. The number of benzene rings is 1. The third-order valence-corrected chi connectivity index (χ3v) is 6.95. The van der Waals surface area contributed by atoms with Crippen molar-refractivity contribution in [3.63, 3.8) is 0 Å². The predicted molar refractivity (Wildman–Crippen MR) is 111 cm³/mol. The Hall–Kier alpha value is -1.37. The van der Waals surface area contributed by atoms with Crippen molar-refractivity contribution in [3.05, 3.63) is 35.9 Å². The number of carboxylic acids is 1. The van der Waals surface area contributed by atoms with Crippen LogP contribution in [0, 0.1) is 5.92 Å². The van der Waals surface area contributed by atoms with Gasteiger partial charge in [0.2, 0.25) is 0 Å². The highest BCUT2D eigenvalue weighted by molar-refractivity contribution is 8.00. The summed E-state index contributed by atoms with van der Waals surface area (Å²) in [5.74, 6) is -0.275. The summed E-state index contributed by atoms with van der Waals surface area (Å²) >= 11 is 1.52. The van der Waals surface area contributed by atoms with E-state index in [1.165, 1.54) is 17.3 Å². The fourth-order valence-corrected chi connectivity index (χ4v) is 5.20. The van der Waals surface area contributed by atoms with Crippen molar-refractivity contribution in [3.8, 4) is 0 Å². The van der Waals surface area contributed by atoms with Gasteiger partial charge in [0, 0.05) is 29.8 Å². The lowest BCUT2D eigenvalue weighted by atomic mass is 9.98. The molecular formula is C22H32O5S. The molecule has 1 aliphatic rings. The average Bonchev–Trinajstić information content (AvgIpc) is 2.94. The summed E-state index contributed by atoms with van der Waals surface area (Å²) in [6, 6.07) is 10.0. The summed E-state index contributed by atoms with van der Waals surface area (Å²) in [6.07, 6.45) is 4.84. The zero-order chi connectivity index (χ0) is 20.4. The highest BCUT2D eigenvalue weighted by atomic mass is 32.2. The molecule has 1 saturated carbocycles. The van der Waals surface area contributed by atoms with Crippen LogP contribution in [0.25, 0.3) is 0 Å². The summed E-state index contributed by atoms with van der Waals surface area (Å²) in [4.78, 5) is 22.8. The summed E-state index contributed by atoms with van der Waals surface area (Å²) < 4.78 is 0. The third kappa shape index (κ3) is 7.94. The van der Waals surface area contributed by atoms with Crippen LogP contribution >= 0.6 is 11.8 Å². The maximum absolute atomic E-state index is 12.2. The van der Waals surface area contributed by atoms with Crippen molar-refractivity contribution in [2.75, 3.05) is 5.75 Å². The highest BCUT2D eigenvalue weighted by Gasteiger charge is 2.41. The van der Waals surface area contributed by atoms with Gasteiger partial charge in [0.05, 0.1) is 12.2 Å². The van der Waals surface area contributed by atoms with Gasteiger partial charge < -0.3 is 15.3 Å². The molecule has 6 heteroatoms. The molecule has 1 fully saturated rings. The van der Waals surface area contributed by atoms with E-state index in [4.69, 9.17) is 5.11 Å².